The van der Waals surface area contributed by atoms with Crippen LogP contribution in [-0.2, 0) is 13.5 Å². The number of nitrogens with zero attached hydrogens (tertiary/aromatic N) is 2. The van der Waals surface area contributed by atoms with Crippen LogP contribution in [0.4, 0.5) is 4.39 Å². The Hall–Kier alpha value is -0.950. The first-order chi connectivity index (χ1) is 10.1. The third kappa shape index (κ3) is 4.78. The third-order valence-corrected chi connectivity index (χ3v) is 4.39. The fraction of sp³-hybridized carbons (Fsp3) is 0.438. The Morgan fingerprint density at radius 1 is 1.43 bits per heavy atom. The first-order valence-corrected chi connectivity index (χ1v) is 8.34. The highest BCUT2D eigenvalue weighted by atomic mass is 127. The lowest BCUT2D eigenvalue weighted by Crippen LogP contribution is -2.23. The molecule has 114 valence electrons. The zero-order valence-corrected chi connectivity index (χ0v) is 14.6. The van der Waals surface area contributed by atoms with Gasteiger partial charge in [-0.15, -0.1) is 0 Å². The number of aromatic nitrogens is 2. The predicted molar refractivity (Wildman–Crippen MR) is 91.7 cm³/mol. The predicted octanol–water partition coefficient (Wildman–Crippen LogP) is 3.84. The first-order valence-electron chi connectivity index (χ1n) is 7.26. The molecule has 1 N–H and O–H groups in total. The van der Waals surface area contributed by atoms with Crippen molar-refractivity contribution < 1.29 is 4.39 Å². The van der Waals surface area contributed by atoms with E-state index < -0.39 is 0 Å². The van der Waals surface area contributed by atoms with Crippen LogP contribution in [0.25, 0.3) is 0 Å². The Labute approximate surface area is 139 Å². The normalized spacial score (nSPS) is 12.6. The minimum atomic E-state index is -0.176. The van der Waals surface area contributed by atoms with Crippen LogP contribution in [0, 0.1) is 9.39 Å². The van der Waals surface area contributed by atoms with E-state index in [1.807, 2.05) is 30.2 Å². The van der Waals surface area contributed by atoms with Gasteiger partial charge in [-0.3, -0.25) is 4.68 Å². The second-order valence-electron chi connectivity index (χ2n) is 5.23. The van der Waals surface area contributed by atoms with Crippen molar-refractivity contribution in [3.05, 3.63) is 51.1 Å². The van der Waals surface area contributed by atoms with Crippen LogP contribution in [0.2, 0.25) is 0 Å². The van der Waals surface area contributed by atoms with Crippen molar-refractivity contribution in [1.82, 2.24) is 15.1 Å². The summed E-state index contributed by atoms with van der Waals surface area (Å²) in [6.45, 7) is 3.12. The summed E-state index contributed by atoms with van der Waals surface area (Å²) in [5, 5.41) is 7.77. The molecule has 3 nitrogen and oxygen atoms in total. The summed E-state index contributed by atoms with van der Waals surface area (Å²) in [4.78, 5) is 0. The van der Waals surface area contributed by atoms with Crippen LogP contribution < -0.4 is 5.32 Å². The van der Waals surface area contributed by atoms with Crippen LogP contribution in [0.1, 0.15) is 36.9 Å². The number of hydrogen-bond acceptors (Lipinski definition) is 2. The first kappa shape index (κ1) is 16.4. The van der Waals surface area contributed by atoms with E-state index in [-0.39, 0.29) is 11.9 Å². The fourth-order valence-electron chi connectivity index (χ4n) is 2.38. The molecule has 0 spiro atoms. The van der Waals surface area contributed by atoms with Crippen LogP contribution in [0.3, 0.4) is 0 Å². The van der Waals surface area contributed by atoms with Crippen LogP contribution in [0.5, 0.6) is 0 Å². The maximum Gasteiger partial charge on any atom is 0.124 e. The van der Waals surface area contributed by atoms with Gasteiger partial charge in [-0.1, -0.05) is 13.0 Å². The van der Waals surface area contributed by atoms with Gasteiger partial charge in [0.2, 0.25) is 0 Å². The Morgan fingerprint density at radius 2 is 2.24 bits per heavy atom. The molecule has 1 aromatic carbocycles. The molecular formula is C16H21FIN3. The van der Waals surface area contributed by atoms with Crippen molar-refractivity contribution in [2.45, 2.75) is 32.2 Å². The molecule has 0 fully saturated rings. The van der Waals surface area contributed by atoms with Crippen molar-refractivity contribution in [2.75, 3.05) is 6.54 Å². The molecule has 1 atom stereocenters. The molecule has 0 saturated carbocycles. The second-order valence-corrected chi connectivity index (χ2v) is 6.40. The quantitative estimate of drug-likeness (QED) is 0.715. The minimum Gasteiger partial charge on any atom is -0.310 e. The van der Waals surface area contributed by atoms with Gasteiger partial charge in [-0.05, 0) is 71.7 Å². The van der Waals surface area contributed by atoms with E-state index in [4.69, 9.17) is 0 Å². The number of hydrogen-bond donors (Lipinski definition) is 1. The van der Waals surface area contributed by atoms with Gasteiger partial charge >= 0.3 is 0 Å². The average molecular weight is 401 g/mol. The van der Waals surface area contributed by atoms with Crippen molar-refractivity contribution in [1.29, 1.82) is 0 Å². The van der Waals surface area contributed by atoms with Crippen LogP contribution in [0.15, 0.2) is 30.6 Å². The van der Waals surface area contributed by atoms with E-state index in [9.17, 15) is 4.39 Å². The van der Waals surface area contributed by atoms with Gasteiger partial charge in [-0.25, -0.2) is 4.39 Å². The molecule has 0 aliphatic rings. The number of nitrogens with one attached hydrogen (secondary N) is 1. The standard InChI is InChI=1S/C16H21FIN3/c1-3-8-19-16(7-4-12-10-20-21(2)11-12)14-6-5-13(17)9-15(14)18/h5-6,9-11,16,19H,3-4,7-8H2,1-2H3. The Morgan fingerprint density at radius 3 is 2.86 bits per heavy atom. The lowest BCUT2D eigenvalue weighted by Gasteiger charge is -2.20. The molecule has 1 heterocycles. The maximum absolute atomic E-state index is 13.3. The summed E-state index contributed by atoms with van der Waals surface area (Å²) >= 11 is 2.22. The van der Waals surface area contributed by atoms with Crippen molar-refractivity contribution in [2.24, 2.45) is 7.05 Å². The van der Waals surface area contributed by atoms with E-state index in [0.29, 0.717) is 0 Å². The van der Waals surface area contributed by atoms with Crippen molar-refractivity contribution in [3.8, 4) is 0 Å². The highest BCUT2D eigenvalue weighted by molar-refractivity contribution is 14.1. The highest BCUT2D eigenvalue weighted by Crippen LogP contribution is 2.25. The van der Waals surface area contributed by atoms with E-state index in [1.165, 1.54) is 11.1 Å². The SMILES string of the molecule is CCCNC(CCc1cnn(C)c1)c1ccc(F)cc1I. The maximum atomic E-state index is 13.3. The largest absolute Gasteiger partial charge is 0.310 e. The minimum absolute atomic E-state index is 0.176. The molecule has 0 saturated heterocycles. The molecule has 1 aromatic heterocycles. The van der Waals surface area contributed by atoms with Gasteiger partial charge in [0.1, 0.15) is 5.82 Å². The summed E-state index contributed by atoms with van der Waals surface area (Å²) in [7, 11) is 1.93. The summed E-state index contributed by atoms with van der Waals surface area (Å²) in [6.07, 6.45) is 6.98. The van der Waals surface area contributed by atoms with E-state index in [2.05, 4.69) is 39.9 Å². The van der Waals surface area contributed by atoms with Crippen LogP contribution >= 0.6 is 22.6 Å². The Bertz CT molecular complexity index is 583. The van der Waals surface area contributed by atoms with Gasteiger partial charge in [0.05, 0.1) is 6.20 Å². The molecule has 5 heteroatoms. The zero-order chi connectivity index (χ0) is 15.2. The summed E-state index contributed by atoms with van der Waals surface area (Å²) in [5.74, 6) is -0.176. The molecule has 21 heavy (non-hydrogen) atoms. The summed E-state index contributed by atoms with van der Waals surface area (Å²) in [6, 6.07) is 5.29. The highest BCUT2D eigenvalue weighted by Gasteiger charge is 2.14. The van der Waals surface area contributed by atoms with Gasteiger partial charge < -0.3 is 5.32 Å². The monoisotopic (exact) mass is 401 g/mol. The Kier molecular flexibility index (Phi) is 6.17. The molecule has 1 unspecified atom stereocenters. The number of aryl methyl sites for hydroxylation is 2. The molecule has 2 rings (SSSR count). The fourth-order valence-corrected chi connectivity index (χ4v) is 3.24. The number of rotatable bonds is 7. The van der Waals surface area contributed by atoms with Crippen molar-refractivity contribution >= 4 is 22.6 Å². The van der Waals surface area contributed by atoms with Crippen molar-refractivity contribution in [3.63, 3.8) is 0 Å². The topological polar surface area (TPSA) is 29.9 Å². The van der Waals surface area contributed by atoms with E-state index in [0.717, 1.165) is 29.4 Å². The van der Waals surface area contributed by atoms with Gasteiger partial charge in [-0.2, -0.15) is 5.10 Å². The molecule has 2 aromatic rings. The van der Waals surface area contributed by atoms with E-state index in [1.54, 1.807) is 12.1 Å². The van der Waals surface area contributed by atoms with Gasteiger partial charge in [0.25, 0.3) is 0 Å². The number of benzene rings is 1. The third-order valence-electron chi connectivity index (χ3n) is 3.46. The van der Waals surface area contributed by atoms with Gasteiger partial charge in [0, 0.05) is 22.9 Å². The lowest BCUT2D eigenvalue weighted by atomic mass is 10.00. The average Bonchev–Trinajstić information content (AvgIpc) is 2.86. The van der Waals surface area contributed by atoms with E-state index >= 15 is 0 Å². The van der Waals surface area contributed by atoms with Gasteiger partial charge in [0.15, 0.2) is 0 Å². The molecule has 0 amide bonds. The molecular weight excluding hydrogens is 380 g/mol. The second kappa shape index (κ2) is 7.89. The zero-order valence-electron chi connectivity index (χ0n) is 12.4. The lowest BCUT2D eigenvalue weighted by molar-refractivity contribution is 0.496. The summed E-state index contributed by atoms with van der Waals surface area (Å²) in [5.41, 5.74) is 2.41. The molecule has 0 aliphatic carbocycles. The smallest absolute Gasteiger partial charge is 0.124 e. The molecule has 0 bridgehead atoms. The molecule has 0 aliphatic heterocycles. The molecule has 0 radical (unpaired) electrons. The van der Waals surface area contributed by atoms with Crippen LogP contribution in [-0.4, -0.2) is 16.3 Å². The summed E-state index contributed by atoms with van der Waals surface area (Å²) < 4.78 is 16.1. The Balaban J connectivity index is 2.09. The number of halogens is 2.